The molecule has 1 rings (SSSR count). The van der Waals surface area contributed by atoms with Crippen LogP contribution >= 0.6 is 15.9 Å². The van der Waals surface area contributed by atoms with E-state index in [1.807, 2.05) is 26.0 Å². The minimum atomic E-state index is -0.241. The van der Waals surface area contributed by atoms with E-state index in [-0.39, 0.29) is 18.4 Å². The van der Waals surface area contributed by atoms with E-state index in [1.54, 1.807) is 7.11 Å². The van der Waals surface area contributed by atoms with Crippen LogP contribution in [0.25, 0.3) is 0 Å². The molecule has 4 nitrogen and oxygen atoms in total. The van der Waals surface area contributed by atoms with Crippen molar-refractivity contribution in [3.8, 4) is 0 Å². The largest absolute Gasteiger partial charge is 0.380 e. The zero-order chi connectivity index (χ0) is 13.7. The van der Waals surface area contributed by atoms with Gasteiger partial charge in [0.05, 0.1) is 18.2 Å². The Bertz CT molecular complexity index is 408. The van der Waals surface area contributed by atoms with Gasteiger partial charge < -0.3 is 15.8 Å². The smallest absolute Gasteiger partial charge is 0.227 e. The van der Waals surface area contributed by atoms with E-state index >= 15 is 0 Å². The summed E-state index contributed by atoms with van der Waals surface area (Å²) in [5.74, 6) is -0.0973. The SMILES string of the molecule is COC(CN)CC(=O)Nc1c(C)cc(C)cc1Br. The van der Waals surface area contributed by atoms with Crippen LogP contribution < -0.4 is 11.1 Å². The lowest BCUT2D eigenvalue weighted by molar-refractivity contribution is -0.118. The van der Waals surface area contributed by atoms with Crippen molar-refractivity contribution in [1.82, 2.24) is 0 Å². The number of ether oxygens (including phenoxy) is 1. The Hall–Kier alpha value is -0.910. The molecular weight excluding hydrogens is 296 g/mol. The van der Waals surface area contributed by atoms with Crippen molar-refractivity contribution < 1.29 is 9.53 Å². The molecule has 0 spiro atoms. The van der Waals surface area contributed by atoms with Crippen molar-refractivity contribution >= 4 is 27.5 Å². The summed E-state index contributed by atoms with van der Waals surface area (Å²) in [6.07, 6.45) is 0.0155. The molecule has 0 saturated carbocycles. The Morgan fingerprint density at radius 2 is 2.17 bits per heavy atom. The summed E-state index contributed by atoms with van der Waals surface area (Å²) in [6, 6.07) is 4.00. The fourth-order valence-electron chi connectivity index (χ4n) is 1.73. The van der Waals surface area contributed by atoms with Crippen LogP contribution in [0.15, 0.2) is 16.6 Å². The first-order valence-corrected chi connectivity index (χ1v) is 6.56. The van der Waals surface area contributed by atoms with Crippen LogP contribution in [0.2, 0.25) is 0 Å². The quantitative estimate of drug-likeness (QED) is 0.877. The summed E-state index contributed by atoms with van der Waals surface area (Å²) in [4.78, 5) is 11.9. The number of amides is 1. The molecule has 0 heterocycles. The number of nitrogens with one attached hydrogen (secondary N) is 1. The van der Waals surface area contributed by atoms with Gasteiger partial charge in [0.25, 0.3) is 0 Å². The van der Waals surface area contributed by atoms with Crippen molar-refractivity contribution in [2.45, 2.75) is 26.4 Å². The molecule has 0 aliphatic rings. The number of benzene rings is 1. The number of methoxy groups -OCH3 is 1. The second-order valence-corrected chi connectivity index (χ2v) is 5.14. The highest BCUT2D eigenvalue weighted by atomic mass is 79.9. The summed E-state index contributed by atoms with van der Waals surface area (Å²) in [5.41, 5.74) is 8.47. The van der Waals surface area contributed by atoms with Gasteiger partial charge in [0.2, 0.25) is 5.91 Å². The molecule has 0 aliphatic heterocycles. The normalized spacial score (nSPS) is 12.3. The number of nitrogens with two attached hydrogens (primary N) is 1. The van der Waals surface area contributed by atoms with E-state index in [0.717, 1.165) is 21.3 Å². The molecule has 0 radical (unpaired) electrons. The van der Waals surface area contributed by atoms with Gasteiger partial charge in [-0.25, -0.2) is 0 Å². The maximum absolute atomic E-state index is 11.9. The average molecular weight is 315 g/mol. The first kappa shape index (κ1) is 15.1. The maximum Gasteiger partial charge on any atom is 0.227 e. The molecule has 0 aromatic heterocycles. The van der Waals surface area contributed by atoms with Crippen LogP contribution in [0.1, 0.15) is 17.5 Å². The molecular formula is C13H19BrN2O2. The Labute approximate surface area is 116 Å². The van der Waals surface area contributed by atoms with Crippen LogP contribution in [-0.2, 0) is 9.53 Å². The van der Waals surface area contributed by atoms with Crippen molar-refractivity contribution in [3.05, 3.63) is 27.7 Å². The summed E-state index contributed by atoms with van der Waals surface area (Å²) in [6.45, 7) is 4.31. The topological polar surface area (TPSA) is 64.3 Å². The summed E-state index contributed by atoms with van der Waals surface area (Å²) >= 11 is 3.46. The van der Waals surface area contributed by atoms with Crippen LogP contribution in [-0.4, -0.2) is 25.7 Å². The van der Waals surface area contributed by atoms with Gasteiger partial charge in [-0.05, 0) is 47.0 Å². The molecule has 1 unspecified atom stereocenters. The lowest BCUT2D eigenvalue weighted by Gasteiger charge is -2.15. The van der Waals surface area contributed by atoms with E-state index in [4.69, 9.17) is 10.5 Å². The average Bonchev–Trinajstić information content (AvgIpc) is 2.30. The lowest BCUT2D eigenvalue weighted by Crippen LogP contribution is -2.28. The molecule has 0 fully saturated rings. The molecule has 5 heteroatoms. The molecule has 1 aromatic rings. The molecule has 1 atom stereocenters. The summed E-state index contributed by atoms with van der Waals surface area (Å²) < 4.78 is 5.97. The van der Waals surface area contributed by atoms with Gasteiger partial charge in [0.1, 0.15) is 0 Å². The summed E-state index contributed by atoms with van der Waals surface area (Å²) in [5, 5.41) is 2.88. The molecule has 0 aliphatic carbocycles. The monoisotopic (exact) mass is 314 g/mol. The standard InChI is InChI=1S/C13H19BrN2O2/c1-8-4-9(2)13(11(14)5-8)16-12(17)6-10(7-15)18-3/h4-5,10H,6-7,15H2,1-3H3,(H,16,17). The lowest BCUT2D eigenvalue weighted by atomic mass is 10.1. The number of aryl methyl sites for hydroxylation is 2. The number of carbonyl (C=O) groups is 1. The van der Waals surface area contributed by atoms with Crippen molar-refractivity contribution in [2.75, 3.05) is 19.0 Å². The van der Waals surface area contributed by atoms with Gasteiger partial charge >= 0.3 is 0 Å². The number of carbonyl (C=O) groups excluding carboxylic acids is 1. The van der Waals surface area contributed by atoms with E-state index in [0.29, 0.717) is 6.54 Å². The molecule has 0 bridgehead atoms. The van der Waals surface area contributed by atoms with Crippen LogP contribution in [0, 0.1) is 13.8 Å². The first-order chi connectivity index (χ1) is 8.47. The third-order valence-corrected chi connectivity index (χ3v) is 3.33. The van der Waals surface area contributed by atoms with E-state index in [1.165, 1.54) is 0 Å². The number of halogens is 1. The highest BCUT2D eigenvalue weighted by Gasteiger charge is 2.14. The Morgan fingerprint density at radius 3 is 2.67 bits per heavy atom. The highest BCUT2D eigenvalue weighted by Crippen LogP contribution is 2.27. The van der Waals surface area contributed by atoms with Crippen LogP contribution in [0.4, 0.5) is 5.69 Å². The molecule has 0 saturated heterocycles. The van der Waals surface area contributed by atoms with Gasteiger partial charge in [-0.1, -0.05) is 6.07 Å². The Morgan fingerprint density at radius 1 is 1.50 bits per heavy atom. The van der Waals surface area contributed by atoms with Gasteiger partial charge in [-0.15, -0.1) is 0 Å². The fraction of sp³-hybridized carbons (Fsp3) is 0.462. The van der Waals surface area contributed by atoms with Crippen molar-refractivity contribution in [2.24, 2.45) is 5.73 Å². The Balaban J connectivity index is 2.76. The number of hydrogen-bond acceptors (Lipinski definition) is 3. The highest BCUT2D eigenvalue weighted by molar-refractivity contribution is 9.10. The van der Waals surface area contributed by atoms with Crippen molar-refractivity contribution in [3.63, 3.8) is 0 Å². The van der Waals surface area contributed by atoms with E-state index < -0.39 is 0 Å². The van der Waals surface area contributed by atoms with Crippen LogP contribution in [0.5, 0.6) is 0 Å². The van der Waals surface area contributed by atoms with Crippen molar-refractivity contribution in [1.29, 1.82) is 0 Å². The zero-order valence-corrected chi connectivity index (χ0v) is 12.5. The minimum absolute atomic E-state index is 0.0973. The van der Waals surface area contributed by atoms with Crippen LogP contribution in [0.3, 0.4) is 0 Å². The molecule has 3 N–H and O–H groups in total. The predicted molar refractivity (Wildman–Crippen MR) is 76.7 cm³/mol. The van der Waals surface area contributed by atoms with Gasteiger partial charge in [0.15, 0.2) is 0 Å². The fourth-order valence-corrected chi connectivity index (χ4v) is 2.51. The van der Waals surface area contributed by atoms with Gasteiger partial charge in [-0.3, -0.25) is 4.79 Å². The van der Waals surface area contributed by atoms with Gasteiger partial charge in [-0.2, -0.15) is 0 Å². The Kier molecular flexibility index (Phi) is 5.78. The van der Waals surface area contributed by atoms with E-state index in [2.05, 4.69) is 21.2 Å². The molecule has 1 amide bonds. The second kappa shape index (κ2) is 6.87. The second-order valence-electron chi connectivity index (χ2n) is 4.28. The first-order valence-electron chi connectivity index (χ1n) is 5.77. The zero-order valence-electron chi connectivity index (χ0n) is 10.9. The van der Waals surface area contributed by atoms with Gasteiger partial charge in [0, 0.05) is 18.1 Å². The molecule has 100 valence electrons. The maximum atomic E-state index is 11.9. The third kappa shape index (κ3) is 4.08. The number of rotatable bonds is 5. The summed E-state index contributed by atoms with van der Waals surface area (Å²) in [7, 11) is 1.55. The number of hydrogen-bond donors (Lipinski definition) is 2. The molecule has 18 heavy (non-hydrogen) atoms. The molecule has 1 aromatic carbocycles. The van der Waals surface area contributed by atoms with E-state index in [9.17, 15) is 4.79 Å². The number of anilines is 1. The third-order valence-electron chi connectivity index (χ3n) is 2.71. The minimum Gasteiger partial charge on any atom is -0.380 e. The predicted octanol–water partition coefficient (Wildman–Crippen LogP) is 2.37.